The van der Waals surface area contributed by atoms with E-state index in [2.05, 4.69) is 23.9 Å². The molecule has 1 spiro atoms. The Hall–Kier alpha value is -1.38. The Bertz CT molecular complexity index is 599. The summed E-state index contributed by atoms with van der Waals surface area (Å²) in [5.74, 6) is 0.362. The van der Waals surface area contributed by atoms with Gasteiger partial charge in [-0.2, -0.15) is 0 Å². The first kappa shape index (κ1) is 20.9. The Morgan fingerprint density at radius 3 is 2.48 bits per heavy atom. The van der Waals surface area contributed by atoms with Crippen LogP contribution < -0.4 is 0 Å². The number of carbonyl (C=O) groups excluding carboxylic acids is 2. The van der Waals surface area contributed by atoms with Crippen molar-refractivity contribution in [2.75, 3.05) is 73.1 Å². The van der Waals surface area contributed by atoms with Gasteiger partial charge in [0.15, 0.2) is 0 Å². The maximum atomic E-state index is 12.8. The molecular weight excluding hydrogens is 372 g/mol. The fourth-order valence-electron chi connectivity index (χ4n) is 5.16. The van der Waals surface area contributed by atoms with Crippen molar-refractivity contribution < 1.29 is 19.1 Å². The van der Waals surface area contributed by atoms with Crippen molar-refractivity contribution >= 4 is 12.0 Å². The van der Waals surface area contributed by atoms with Gasteiger partial charge in [-0.1, -0.05) is 0 Å². The molecule has 0 aliphatic carbocycles. The first-order valence-corrected chi connectivity index (χ1v) is 11.2. The van der Waals surface area contributed by atoms with Crippen LogP contribution in [0, 0.1) is 5.92 Å². The second-order valence-corrected chi connectivity index (χ2v) is 9.39. The Morgan fingerprint density at radius 2 is 1.83 bits per heavy atom. The summed E-state index contributed by atoms with van der Waals surface area (Å²) in [5, 5.41) is 0. The first-order valence-electron chi connectivity index (χ1n) is 11.2. The number of hydrogen-bond acceptors (Lipinski definition) is 6. The molecule has 8 nitrogen and oxygen atoms in total. The zero-order valence-corrected chi connectivity index (χ0v) is 18.0. The van der Waals surface area contributed by atoms with Crippen molar-refractivity contribution in [2.24, 2.45) is 5.92 Å². The predicted octanol–water partition coefficient (Wildman–Crippen LogP) is 0.862. The van der Waals surface area contributed by atoms with E-state index in [1.54, 1.807) is 0 Å². The van der Waals surface area contributed by atoms with E-state index in [4.69, 9.17) is 9.47 Å². The lowest BCUT2D eigenvalue weighted by Gasteiger charge is -2.39. The highest BCUT2D eigenvalue weighted by molar-refractivity contribution is 5.79. The normalized spacial score (nSPS) is 28.5. The van der Waals surface area contributed by atoms with Crippen molar-refractivity contribution in [3.63, 3.8) is 0 Å². The van der Waals surface area contributed by atoms with Gasteiger partial charge >= 0.3 is 6.09 Å². The Labute approximate surface area is 174 Å². The van der Waals surface area contributed by atoms with Gasteiger partial charge in [-0.3, -0.25) is 9.69 Å². The van der Waals surface area contributed by atoms with Gasteiger partial charge in [0.2, 0.25) is 5.91 Å². The zero-order chi connectivity index (χ0) is 20.4. The summed E-state index contributed by atoms with van der Waals surface area (Å²) in [7, 11) is 4.27. The molecule has 0 aromatic carbocycles. The topological polar surface area (TPSA) is 65.6 Å². The van der Waals surface area contributed by atoms with Crippen LogP contribution >= 0.6 is 0 Å². The number of amides is 2. The monoisotopic (exact) mass is 408 g/mol. The minimum absolute atomic E-state index is 0.104. The van der Waals surface area contributed by atoms with Crippen molar-refractivity contribution in [3.8, 4) is 0 Å². The summed E-state index contributed by atoms with van der Waals surface area (Å²) in [5.41, 5.74) is -0.402. The largest absolute Gasteiger partial charge is 0.441 e. The van der Waals surface area contributed by atoms with Gasteiger partial charge < -0.3 is 24.2 Å². The molecule has 4 rings (SSSR count). The number of carbonyl (C=O) groups is 2. The number of nitrogens with zero attached hydrogens (tertiary/aromatic N) is 4. The van der Waals surface area contributed by atoms with Gasteiger partial charge in [0, 0.05) is 70.7 Å². The van der Waals surface area contributed by atoms with Gasteiger partial charge in [0.05, 0.1) is 6.54 Å². The van der Waals surface area contributed by atoms with Crippen LogP contribution in [0.15, 0.2) is 0 Å². The molecule has 164 valence electrons. The number of rotatable bonds is 5. The molecular formula is C21H36N4O4. The summed E-state index contributed by atoms with van der Waals surface area (Å²) in [4.78, 5) is 33.8. The summed E-state index contributed by atoms with van der Waals surface area (Å²) in [6.45, 7) is 7.22. The van der Waals surface area contributed by atoms with Crippen LogP contribution in [0.2, 0.25) is 0 Å². The fourth-order valence-corrected chi connectivity index (χ4v) is 5.16. The average molecular weight is 409 g/mol. The number of likely N-dealkylation sites (tertiary alicyclic amines) is 2. The molecule has 4 heterocycles. The van der Waals surface area contributed by atoms with Gasteiger partial charge in [-0.15, -0.1) is 0 Å². The van der Waals surface area contributed by atoms with E-state index in [1.165, 1.54) is 6.42 Å². The van der Waals surface area contributed by atoms with Gasteiger partial charge in [-0.25, -0.2) is 4.79 Å². The highest BCUT2D eigenvalue weighted by atomic mass is 16.6. The molecule has 4 saturated heterocycles. The van der Waals surface area contributed by atoms with Crippen LogP contribution in [0.4, 0.5) is 4.79 Å². The Balaban J connectivity index is 1.23. The SMILES string of the molecule is CN(C)[C@@H]1CCN(CCN2CC3(CCN(C(=O)C4CCOCC4)CC3)OC2=O)C1. The number of likely N-dealkylation sites (N-methyl/N-ethyl adjacent to an activating group) is 1. The summed E-state index contributed by atoms with van der Waals surface area (Å²) < 4.78 is 11.2. The van der Waals surface area contributed by atoms with Crippen molar-refractivity contribution in [3.05, 3.63) is 0 Å². The van der Waals surface area contributed by atoms with E-state index < -0.39 is 5.60 Å². The molecule has 0 aromatic heterocycles. The second-order valence-electron chi connectivity index (χ2n) is 9.39. The van der Waals surface area contributed by atoms with Crippen molar-refractivity contribution in [1.82, 2.24) is 19.6 Å². The van der Waals surface area contributed by atoms with Crippen LogP contribution in [0.5, 0.6) is 0 Å². The van der Waals surface area contributed by atoms with Gasteiger partial charge in [0.25, 0.3) is 0 Å². The molecule has 4 aliphatic rings. The van der Waals surface area contributed by atoms with Crippen LogP contribution in [0.25, 0.3) is 0 Å². The van der Waals surface area contributed by atoms with E-state index in [0.717, 1.165) is 51.9 Å². The first-order chi connectivity index (χ1) is 14.0. The highest BCUT2D eigenvalue weighted by Crippen LogP contribution is 2.34. The van der Waals surface area contributed by atoms with Crippen LogP contribution in [-0.4, -0.2) is 116 Å². The molecule has 0 bridgehead atoms. The molecule has 4 aliphatic heterocycles. The third-order valence-electron chi connectivity index (χ3n) is 7.26. The third kappa shape index (κ3) is 4.70. The lowest BCUT2D eigenvalue weighted by molar-refractivity contribution is -0.141. The highest BCUT2D eigenvalue weighted by Gasteiger charge is 2.47. The molecule has 0 saturated carbocycles. The van der Waals surface area contributed by atoms with Gasteiger partial charge in [0.1, 0.15) is 5.60 Å². The molecule has 0 radical (unpaired) electrons. The zero-order valence-electron chi connectivity index (χ0n) is 18.0. The summed E-state index contributed by atoms with van der Waals surface area (Å²) in [6.07, 6.45) is 4.16. The standard InChI is InChI=1S/C21H36N4O4/c1-22(2)18-3-8-23(15-18)11-12-25-16-21(29-20(25)27)6-9-24(10-7-21)19(26)17-4-13-28-14-5-17/h17-18H,3-16H2,1-2H3/t18-/m1/s1. The molecule has 0 N–H and O–H groups in total. The molecule has 0 unspecified atom stereocenters. The number of hydrogen-bond donors (Lipinski definition) is 0. The minimum atomic E-state index is -0.402. The van der Waals surface area contributed by atoms with Crippen molar-refractivity contribution in [1.29, 1.82) is 0 Å². The average Bonchev–Trinajstić information content (AvgIpc) is 3.32. The molecule has 2 amide bonds. The second kappa shape index (κ2) is 8.78. The van der Waals surface area contributed by atoms with E-state index in [0.29, 0.717) is 38.9 Å². The maximum absolute atomic E-state index is 12.8. The van der Waals surface area contributed by atoms with Crippen molar-refractivity contribution in [2.45, 2.75) is 43.7 Å². The molecule has 0 aromatic rings. The molecule has 8 heteroatoms. The molecule has 29 heavy (non-hydrogen) atoms. The van der Waals surface area contributed by atoms with Crippen LogP contribution in [-0.2, 0) is 14.3 Å². The minimum Gasteiger partial charge on any atom is -0.441 e. The fraction of sp³-hybridized carbons (Fsp3) is 0.905. The summed E-state index contributed by atoms with van der Waals surface area (Å²) >= 11 is 0. The van der Waals surface area contributed by atoms with E-state index in [1.807, 2.05) is 9.80 Å². The van der Waals surface area contributed by atoms with E-state index >= 15 is 0 Å². The maximum Gasteiger partial charge on any atom is 0.410 e. The smallest absolute Gasteiger partial charge is 0.410 e. The Morgan fingerprint density at radius 1 is 1.10 bits per heavy atom. The third-order valence-corrected chi connectivity index (χ3v) is 7.26. The quantitative estimate of drug-likeness (QED) is 0.672. The lowest BCUT2D eigenvalue weighted by atomic mass is 9.89. The number of ether oxygens (including phenoxy) is 2. The number of piperidine rings is 1. The summed E-state index contributed by atoms with van der Waals surface area (Å²) in [6, 6.07) is 0.615. The molecule has 4 fully saturated rings. The lowest BCUT2D eigenvalue weighted by Crippen LogP contribution is -2.50. The van der Waals surface area contributed by atoms with E-state index in [9.17, 15) is 9.59 Å². The van der Waals surface area contributed by atoms with E-state index in [-0.39, 0.29) is 17.9 Å². The predicted molar refractivity (Wildman–Crippen MR) is 109 cm³/mol. The Kier molecular flexibility index (Phi) is 6.32. The van der Waals surface area contributed by atoms with Gasteiger partial charge in [-0.05, 0) is 39.9 Å². The van der Waals surface area contributed by atoms with Crippen LogP contribution in [0.1, 0.15) is 32.1 Å². The molecule has 1 atom stereocenters. The van der Waals surface area contributed by atoms with Crippen LogP contribution in [0.3, 0.4) is 0 Å².